The number of carbonyl (C=O) groups excluding carboxylic acids is 1. The number of carbonyl (C=O) groups is 1. The average molecular weight is 262 g/mol. The number of ketones is 1. The van der Waals surface area contributed by atoms with Crippen molar-refractivity contribution in [1.82, 2.24) is 4.98 Å². The summed E-state index contributed by atoms with van der Waals surface area (Å²) in [4.78, 5) is 16.8. The van der Waals surface area contributed by atoms with Crippen molar-refractivity contribution in [3.8, 4) is 0 Å². The second-order valence-electron chi connectivity index (χ2n) is 4.46. The van der Waals surface area contributed by atoms with Crippen molar-refractivity contribution in [2.45, 2.75) is 25.2 Å². The van der Waals surface area contributed by atoms with E-state index >= 15 is 0 Å². The maximum atomic E-state index is 12.5. The van der Waals surface area contributed by atoms with Crippen LogP contribution in [-0.2, 0) is 6.42 Å². The van der Waals surface area contributed by atoms with Gasteiger partial charge in [0.1, 0.15) is 0 Å². The molecule has 2 heterocycles. The van der Waals surface area contributed by atoms with Crippen molar-refractivity contribution >= 4 is 17.4 Å². The van der Waals surface area contributed by atoms with Gasteiger partial charge < -0.3 is 4.42 Å². The van der Waals surface area contributed by atoms with E-state index in [-0.39, 0.29) is 16.9 Å². The molecule has 4 heteroatoms. The number of rotatable bonds is 2. The molecule has 0 N–H and O–H groups in total. The van der Waals surface area contributed by atoms with Gasteiger partial charge in [-0.3, -0.25) is 9.78 Å². The zero-order valence-electron chi connectivity index (χ0n) is 9.73. The van der Waals surface area contributed by atoms with Gasteiger partial charge in [-0.05, 0) is 48.6 Å². The average Bonchev–Trinajstić information content (AvgIpc) is 2.83. The van der Waals surface area contributed by atoms with E-state index in [1.807, 2.05) is 12.1 Å². The van der Waals surface area contributed by atoms with Crippen LogP contribution in [0.1, 0.15) is 40.4 Å². The Morgan fingerprint density at radius 1 is 1.44 bits per heavy atom. The van der Waals surface area contributed by atoms with Gasteiger partial charge in [0, 0.05) is 6.20 Å². The summed E-state index contributed by atoms with van der Waals surface area (Å²) in [5.74, 6) is -0.182. The fourth-order valence-electron chi connectivity index (χ4n) is 2.52. The first kappa shape index (κ1) is 11.5. The summed E-state index contributed by atoms with van der Waals surface area (Å²) in [6.45, 7) is 0. The highest BCUT2D eigenvalue weighted by molar-refractivity contribution is 6.32. The minimum absolute atomic E-state index is 0.00778. The summed E-state index contributed by atoms with van der Waals surface area (Å²) in [6, 6.07) is 5.58. The lowest BCUT2D eigenvalue weighted by Gasteiger charge is -2.22. The molecule has 0 fully saturated rings. The van der Waals surface area contributed by atoms with E-state index in [0.717, 1.165) is 25.0 Å². The minimum atomic E-state index is -0.190. The number of pyridine rings is 1. The number of Topliss-reactive ketones (excluding diaryl/α,β-unsaturated/α-hetero) is 1. The van der Waals surface area contributed by atoms with E-state index in [1.54, 1.807) is 12.3 Å². The van der Waals surface area contributed by atoms with Crippen LogP contribution < -0.4 is 0 Å². The quantitative estimate of drug-likeness (QED) is 0.776. The second-order valence-corrected chi connectivity index (χ2v) is 4.81. The van der Waals surface area contributed by atoms with Gasteiger partial charge in [-0.1, -0.05) is 6.07 Å². The molecule has 0 aromatic carbocycles. The highest BCUT2D eigenvalue weighted by atomic mass is 35.5. The van der Waals surface area contributed by atoms with Gasteiger partial charge >= 0.3 is 0 Å². The zero-order chi connectivity index (χ0) is 12.5. The zero-order valence-corrected chi connectivity index (χ0v) is 10.5. The number of fused-ring (bicyclic) bond motifs is 1. The number of aryl methyl sites for hydroxylation is 1. The van der Waals surface area contributed by atoms with E-state index in [1.165, 1.54) is 11.8 Å². The van der Waals surface area contributed by atoms with Crippen molar-refractivity contribution in [2.75, 3.05) is 0 Å². The van der Waals surface area contributed by atoms with Crippen LogP contribution in [-0.4, -0.2) is 10.8 Å². The fourth-order valence-corrected chi connectivity index (χ4v) is 2.73. The van der Waals surface area contributed by atoms with Gasteiger partial charge in [0.05, 0.1) is 23.4 Å². The predicted molar refractivity (Wildman–Crippen MR) is 68.0 cm³/mol. The highest BCUT2D eigenvalue weighted by Crippen LogP contribution is 2.34. The van der Waals surface area contributed by atoms with Crippen molar-refractivity contribution in [2.24, 2.45) is 0 Å². The number of furan rings is 1. The smallest absolute Gasteiger partial charge is 0.203 e. The van der Waals surface area contributed by atoms with Gasteiger partial charge in [0.25, 0.3) is 0 Å². The molecule has 0 bridgehead atoms. The number of hydrogen-bond acceptors (Lipinski definition) is 3. The SMILES string of the molecule is O=C(c1ccoc1Cl)C1CCCc2cccnc21. The van der Waals surface area contributed by atoms with E-state index in [9.17, 15) is 4.79 Å². The van der Waals surface area contributed by atoms with E-state index in [4.69, 9.17) is 16.0 Å². The summed E-state index contributed by atoms with van der Waals surface area (Å²) in [5.41, 5.74) is 2.52. The van der Waals surface area contributed by atoms with Crippen molar-refractivity contribution < 1.29 is 9.21 Å². The molecule has 92 valence electrons. The molecule has 0 saturated carbocycles. The highest BCUT2D eigenvalue weighted by Gasteiger charge is 2.30. The van der Waals surface area contributed by atoms with Crippen LogP contribution >= 0.6 is 11.6 Å². The molecule has 3 nitrogen and oxygen atoms in total. The summed E-state index contributed by atoms with van der Waals surface area (Å²) in [5, 5.41) is 0.169. The lowest BCUT2D eigenvalue weighted by atomic mass is 9.82. The van der Waals surface area contributed by atoms with Crippen LogP contribution in [0.25, 0.3) is 0 Å². The van der Waals surface area contributed by atoms with Crippen molar-refractivity contribution in [3.63, 3.8) is 0 Å². The van der Waals surface area contributed by atoms with Gasteiger partial charge in [-0.2, -0.15) is 0 Å². The van der Waals surface area contributed by atoms with Gasteiger partial charge in [0.15, 0.2) is 5.78 Å². The topological polar surface area (TPSA) is 43.1 Å². The molecule has 1 unspecified atom stereocenters. The Kier molecular flexibility index (Phi) is 2.92. The predicted octanol–water partition coefficient (Wildman–Crippen LogP) is 3.63. The maximum Gasteiger partial charge on any atom is 0.203 e. The Balaban J connectivity index is 2.00. The first-order valence-electron chi connectivity index (χ1n) is 5.98. The standard InChI is InChI=1S/C14H12ClNO2/c15-14-11(6-8-18-14)13(17)10-5-1-3-9-4-2-7-16-12(9)10/h2,4,6-8,10H,1,3,5H2. The molecule has 3 rings (SSSR count). The number of hydrogen-bond donors (Lipinski definition) is 0. The lowest BCUT2D eigenvalue weighted by molar-refractivity contribution is 0.0948. The van der Waals surface area contributed by atoms with Crippen LogP contribution in [0.2, 0.25) is 5.22 Å². The first-order chi connectivity index (χ1) is 8.77. The normalized spacial score (nSPS) is 18.4. The van der Waals surface area contributed by atoms with E-state index in [0.29, 0.717) is 5.56 Å². The minimum Gasteiger partial charge on any atom is -0.452 e. The van der Waals surface area contributed by atoms with Gasteiger partial charge in [-0.15, -0.1) is 0 Å². The van der Waals surface area contributed by atoms with Crippen molar-refractivity contribution in [1.29, 1.82) is 0 Å². The Morgan fingerprint density at radius 3 is 3.11 bits per heavy atom. The molecule has 1 atom stereocenters. The molecular weight excluding hydrogens is 250 g/mol. The van der Waals surface area contributed by atoms with Crippen LogP contribution in [0.5, 0.6) is 0 Å². The van der Waals surface area contributed by atoms with Crippen LogP contribution in [0, 0.1) is 0 Å². The summed E-state index contributed by atoms with van der Waals surface area (Å²) in [7, 11) is 0. The first-order valence-corrected chi connectivity index (χ1v) is 6.36. The molecular formula is C14H12ClNO2. The fraction of sp³-hybridized carbons (Fsp3) is 0.286. The molecule has 0 amide bonds. The molecule has 2 aromatic heterocycles. The molecule has 2 aromatic rings. The molecule has 1 aliphatic carbocycles. The van der Waals surface area contributed by atoms with Crippen LogP contribution in [0.4, 0.5) is 0 Å². The Labute approximate surface area is 110 Å². The Hall–Kier alpha value is -1.61. The molecule has 0 aliphatic heterocycles. The van der Waals surface area contributed by atoms with E-state index in [2.05, 4.69) is 4.98 Å². The molecule has 0 radical (unpaired) electrons. The summed E-state index contributed by atoms with van der Waals surface area (Å²) >= 11 is 5.87. The number of halogens is 1. The van der Waals surface area contributed by atoms with Crippen LogP contribution in [0.15, 0.2) is 35.1 Å². The summed E-state index contributed by atoms with van der Waals surface area (Å²) < 4.78 is 4.99. The third-order valence-electron chi connectivity index (χ3n) is 3.40. The van der Waals surface area contributed by atoms with Crippen LogP contribution in [0.3, 0.4) is 0 Å². The molecule has 0 spiro atoms. The number of aromatic nitrogens is 1. The monoisotopic (exact) mass is 261 g/mol. The maximum absolute atomic E-state index is 12.5. The van der Waals surface area contributed by atoms with Crippen molar-refractivity contribution in [3.05, 3.63) is 52.7 Å². The summed E-state index contributed by atoms with van der Waals surface area (Å²) in [6.07, 6.45) is 6.00. The molecule has 18 heavy (non-hydrogen) atoms. The number of nitrogens with zero attached hydrogens (tertiary/aromatic N) is 1. The lowest BCUT2D eigenvalue weighted by Crippen LogP contribution is -2.20. The van der Waals surface area contributed by atoms with E-state index < -0.39 is 0 Å². The Morgan fingerprint density at radius 2 is 2.33 bits per heavy atom. The Bertz CT molecular complexity index is 591. The van der Waals surface area contributed by atoms with Gasteiger partial charge in [-0.25, -0.2) is 0 Å². The third kappa shape index (κ3) is 1.85. The molecule has 0 saturated heterocycles. The second kappa shape index (κ2) is 4.58. The molecule has 1 aliphatic rings. The third-order valence-corrected chi connectivity index (χ3v) is 3.69. The largest absolute Gasteiger partial charge is 0.452 e. The van der Waals surface area contributed by atoms with Gasteiger partial charge in [0.2, 0.25) is 5.22 Å².